The monoisotopic (exact) mass is 387 g/mol. The van der Waals surface area contributed by atoms with E-state index in [9.17, 15) is 0 Å². The van der Waals surface area contributed by atoms with Crippen molar-refractivity contribution >= 4 is 0 Å². The zero-order valence-corrected chi connectivity index (χ0v) is 13.4. The van der Waals surface area contributed by atoms with Gasteiger partial charge in [-0.15, -0.1) is 12.8 Å². The van der Waals surface area contributed by atoms with Crippen molar-refractivity contribution < 1.29 is 25.8 Å². The van der Waals surface area contributed by atoms with Crippen LogP contribution in [-0.2, 0) is 25.8 Å². The topological polar surface area (TPSA) is 0 Å². The first-order valence-electron chi connectivity index (χ1n) is 5.34. The molecule has 0 nitrogen and oxygen atoms in total. The first-order valence-corrected chi connectivity index (χ1v) is 5.34. The van der Waals surface area contributed by atoms with Crippen LogP contribution in [0.3, 0.4) is 0 Å². The van der Waals surface area contributed by atoms with E-state index in [1.165, 1.54) is 0 Å². The number of hydrogen-bond acceptors (Lipinski definition) is 0. The van der Waals surface area contributed by atoms with Gasteiger partial charge < -0.3 is 0 Å². The van der Waals surface area contributed by atoms with E-state index >= 15 is 0 Å². The third-order valence-corrected chi connectivity index (χ3v) is 1.78. The van der Waals surface area contributed by atoms with Crippen molar-refractivity contribution in [2.75, 3.05) is 0 Å². The molecule has 86 valence electrons. The van der Waals surface area contributed by atoms with Crippen molar-refractivity contribution in [2.45, 2.75) is 12.8 Å². The van der Waals surface area contributed by atoms with Crippen molar-refractivity contribution in [1.29, 1.82) is 0 Å². The number of allylic oxidation sites excluding steroid dienone is 8. The zero-order valence-electron chi connectivity index (χ0n) is 9.77. The summed E-state index contributed by atoms with van der Waals surface area (Å²) >= 11 is 0. The van der Waals surface area contributed by atoms with Crippen LogP contribution in [0.1, 0.15) is 12.8 Å². The molecule has 0 N–H and O–H groups in total. The Balaban J connectivity index is 0.000000221. The van der Waals surface area contributed by atoms with Crippen LogP contribution in [0.5, 0.6) is 0 Å². The van der Waals surface area contributed by atoms with Crippen LogP contribution < -0.4 is 0 Å². The Hall–Kier alpha value is -0.950. The summed E-state index contributed by atoms with van der Waals surface area (Å²) in [5.74, 6) is 0. The molecule has 2 aliphatic carbocycles. The second kappa shape index (κ2) is 13.1. The fraction of sp³-hybridized carbons (Fsp3) is 0.125. The normalized spacial score (nSPS) is 13.2. The third kappa shape index (κ3) is 11.3. The van der Waals surface area contributed by atoms with Gasteiger partial charge in [0.15, 0.2) is 0 Å². The van der Waals surface area contributed by atoms with Gasteiger partial charge in [0.2, 0.25) is 0 Å². The van der Waals surface area contributed by atoms with Crippen molar-refractivity contribution in [2.24, 2.45) is 0 Å². The minimum Gasteiger partial charge on any atom is -0.273 e. The first kappa shape index (κ1) is 16.1. The van der Waals surface area contributed by atoms with Crippen LogP contribution in [0.15, 0.2) is 66.8 Å². The van der Waals surface area contributed by atoms with Gasteiger partial charge in [-0.1, -0.05) is 0 Å². The molecule has 1 aromatic rings. The average molecular weight is 386 g/mol. The summed E-state index contributed by atoms with van der Waals surface area (Å²) in [6.07, 6.45) is 20.0. The van der Waals surface area contributed by atoms with Gasteiger partial charge in [0, 0.05) is 25.8 Å². The molecule has 0 saturated carbocycles. The van der Waals surface area contributed by atoms with Crippen LogP contribution in [0.2, 0.25) is 0 Å². The SMILES string of the molecule is [C-]1=CC=CC1.[C-]1=CC=CC1.[Hf].[c-]1ccccc1. The molecular weight excluding hydrogens is 371 g/mol. The summed E-state index contributed by atoms with van der Waals surface area (Å²) in [7, 11) is 0. The summed E-state index contributed by atoms with van der Waals surface area (Å²) < 4.78 is 0. The van der Waals surface area contributed by atoms with Gasteiger partial charge in [0.25, 0.3) is 0 Å². The minimum absolute atomic E-state index is 0. The molecule has 0 fully saturated rings. The summed E-state index contributed by atoms with van der Waals surface area (Å²) in [4.78, 5) is 0. The summed E-state index contributed by atoms with van der Waals surface area (Å²) in [5.41, 5.74) is 0. The van der Waals surface area contributed by atoms with Crippen LogP contribution in [0, 0.1) is 18.2 Å². The molecule has 1 aromatic carbocycles. The van der Waals surface area contributed by atoms with Gasteiger partial charge in [-0.25, -0.2) is 24.3 Å². The maximum Gasteiger partial charge on any atom is 0 e. The molecule has 0 saturated heterocycles. The van der Waals surface area contributed by atoms with E-state index in [1.54, 1.807) is 0 Å². The van der Waals surface area contributed by atoms with Gasteiger partial charge in [-0.3, -0.25) is 12.2 Å². The average Bonchev–Trinajstić information content (AvgIpc) is 3.10. The first-order chi connectivity index (χ1) is 8.00. The standard InChI is InChI=1S/C6H5.2C5H5.Hf/c1-2-4-6-5-3-1;2*1-2-4-5-3-1;/h1-5H;2*1-3H,4H2;/q3*-1;. The summed E-state index contributed by atoms with van der Waals surface area (Å²) in [6, 6.07) is 12.5. The Labute approximate surface area is 123 Å². The molecule has 0 heterocycles. The van der Waals surface area contributed by atoms with E-state index in [4.69, 9.17) is 0 Å². The summed E-state index contributed by atoms with van der Waals surface area (Å²) in [6.45, 7) is 0. The molecule has 0 aliphatic heterocycles. The number of benzene rings is 1. The van der Waals surface area contributed by atoms with Crippen LogP contribution in [0.4, 0.5) is 0 Å². The summed E-state index contributed by atoms with van der Waals surface area (Å²) in [5, 5.41) is 0. The smallest absolute Gasteiger partial charge is 0 e. The Morgan fingerprint density at radius 2 is 1.24 bits per heavy atom. The van der Waals surface area contributed by atoms with E-state index in [0.29, 0.717) is 0 Å². The molecule has 0 bridgehead atoms. The molecule has 0 unspecified atom stereocenters. The molecule has 0 radical (unpaired) electrons. The molecule has 0 spiro atoms. The predicted octanol–water partition coefficient (Wildman–Crippen LogP) is 4.10. The van der Waals surface area contributed by atoms with Crippen LogP contribution in [0.25, 0.3) is 0 Å². The molecule has 3 rings (SSSR count). The molecule has 1 heteroatoms. The van der Waals surface area contributed by atoms with Gasteiger partial charge in [-0.2, -0.15) is 48.6 Å². The number of rotatable bonds is 0. The fourth-order valence-corrected chi connectivity index (χ4v) is 1.02. The quantitative estimate of drug-likeness (QED) is 0.466. The zero-order chi connectivity index (χ0) is 11.3. The largest absolute Gasteiger partial charge is 0.273 e. The minimum atomic E-state index is 0. The van der Waals surface area contributed by atoms with Crippen LogP contribution >= 0.6 is 0 Å². The number of hydrogen-bond donors (Lipinski definition) is 0. The Kier molecular flexibility index (Phi) is 12.4. The second-order valence-corrected chi connectivity index (χ2v) is 3.08. The molecular formula is C16H15Hf-3. The third-order valence-electron chi connectivity index (χ3n) is 1.78. The molecule has 0 aromatic heterocycles. The van der Waals surface area contributed by atoms with Gasteiger partial charge in [-0.05, 0) is 0 Å². The molecule has 17 heavy (non-hydrogen) atoms. The molecule has 2 aliphatic rings. The Morgan fingerprint density at radius 1 is 0.706 bits per heavy atom. The van der Waals surface area contributed by atoms with Gasteiger partial charge in [0.05, 0.1) is 0 Å². The van der Waals surface area contributed by atoms with Gasteiger partial charge in [0.1, 0.15) is 0 Å². The van der Waals surface area contributed by atoms with E-state index in [-0.39, 0.29) is 25.8 Å². The van der Waals surface area contributed by atoms with Crippen molar-refractivity contribution in [3.05, 3.63) is 85.0 Å². The maximum absolute atomic E-state index is 2.99. The van der Waals surface area contributed by atoms with Gasteiger partial charge >= 0.3 is 0 Å². The van der Waals surface area contributed by atoms with E-state index in [1.807, 2.05) is 54.6 Å². The van der Waals surface area contributed by atoms with Crippen LogP contribution in [-0.4, -0.2) is 0 Å². The van der Waals surface area contributed by atoms with E-state index < -0.39 is 0 Å². The molecule has 0 atom stereocenters. The second-order valence-electron chi connectivity index (χ2n) is 3.08. The van der Waals surface area contributed by atoms with Crippen molar-refractivity contribution in [3.8, 4) is 0 Å². The predicted molar refractivity (Wildman–Crippen MR) is 68.4 cm³/mol. The van der Waals surface area contributed by atoms with E-state index in [2.05, 4.69) is 30.4 Å². The van der Waals surface area contributed by atoms with E-state index in [0.717, 1.165) is 12.8 Å². The fourth-order valence-electron chi connectivity index (χ4n) is 1.02. The maximum atomic E-state index is 2.99. The molecule has 0 amide bonds. The van der Waals surface area contributed by atoms with Crippen molar-refractivity contribution in [1.82, 2.24) is 0 Å². The van der Waals surface area contributed by atoms with Crippen molar-refractivity contribution in [3.63, 3.8) is 0 Å². The Bertz CT molecular complexity index is 290. The Morgan fingerprint density at radius 3 is 1.35 bits per heavy atom.